The predicted octanol–water partition coefficient (Wildman–Crippen LogP) is 5.20. The molecule has 2 heteroatoms. The van der Waals surface area contributed by atoms with Crippen molar-refractivity contribution in [3.8, 4) is 22.3 Å². The van der Waals surface area contributed by atoms with Gasteiger partial charge in [-0.25, -0.2) is 0 Å². The molecule has 0 nitrogen and oxygen atoms in total. The maximum atomic E-state index is 2.78. The first kappa shape index (κ1) is 15.4. The second-order valence-electron chi connectivity index (χ2n) is 5.55. The van der Waals surface area contributed by atoms with Crippen LogP contribution in [0, 0.1) is 6.92 Å². The summed E-state index contributed by atoms with van der Waals surface area (Å²) in [6.07, 6.45) is 1.01. The molecule has 3 aromatic rings. The van der Waals surface area contributed by atoms with Gasteiger partial charge in [0.25, 0.3) is 0 Å². The summed E-state index contributed by atoms with van der Waals surface area (Å²) in [6, 6.07) is 24.1. The Morgan fingerprint density at radius 2 is 1.27 bits per heavy atom. The van der Waals surface area contributed by atoms with Crippen molar-refractivity contribution in [2.45, 2.75) is 13.1 Å². The molecule has 2 atom stereocenters. The van der Waals surface area contributed by atoms with E-state index in [4.69, 9.17) is 0 Å². The molecule has 0 spiro atoms. The monoisotopic (exact) mass is 322 g/mol. The third-order valence-electron chi connectivity index (χ3n) is 3.97. The van der Waals surface area contributed by atoms with Gasteiger partial charge in [0.1, 0.15) is 0 Å². The lowest BCUT2D eigenvalue weighted by atomic mass is 9.96. The molecule has 0 amide bonds. The van der Waals surface area contributed by atoms with Crippen LogP contribution < -0.4 is 5.30 Å². The minimum absolute atomic E-state index is 1.01. The largest absolute Gasteiger partial charge is 0.133 e. The van der Waals surface area contributed by atoms with E-state index < -0.39 is 0 Å². The van der Waals surface area contributed by atoms with Gasteiger partial charge in [-0.05, 0) is 51.8 Å². The summed E-state index contributed by atoms with van der Waals surface area (Å²) in [5, 5.41) is 1.21. The Kier molecular flexibility index (Phi) is 4.72. The molecular formula is C20H20P2. The molecule has 110 valence electrons. The molecule has 0 aromatic heterocycles. The van der Waals surface area contributed by atoms with Crippen molar-refractivity contribution in [1.29, 1.82) is 0 Å². The zero-order valence-corrected chi connectivity index (χ0v) is 15.0. The first-order valence-corrected chi connectivity index (χ1v) is 8.83. The fourth-order valence-corrected chi connectivity index (χ4v) is 3.14. The maximum absolute atomic E-state index is 2.78. The lowest BCUT2D eigenvalue weighted by Crippen LogP contribution is -1.89. The van der Waals surface area contributed by atoms with Crippen LogP contribution in [-0.2, 0) is 6.16 Å². The highest BCUT2D eigenvalue weighted by Gasteiger charge is 2.04. The Morgan fingerprint density at radius 1 is 0.727 bits per heavy atom. The Morgan fingerprint density at radius 3 is 1.82 bits per heavy atom. The van der Waals surface area contributed by atoms with Gasteiger partial charge in [0.2, 0.25) is 0 Å². The summed E-state index contributed by atoms with van der Waals surface area (Å²) < 4.78 is 0. The highest BCUT2D eigenvalue weighted by molar-refractivity contribution is 7.27. The van der Waals surface area contributed by atoms with Gasteiger partial charge in [0.05, 0.1) is 0 Å². The van der Waals surface area contributed by atoms with Gasteiger partial charge in [0, 0.05) is 0 Å². The molecule has 0 aliphatic heterocycles. The van der Waals surface area contributed by atoms with Crippen molar-refractivity contribution >= 4 is 23.8 Å². The predicted molar refractivity (Wildman–Crippen MR) is 105 cm³/mol. The number of aryl methyl sites for hydroxylation is 1. The Hall–Kier alpha value is -1.48. The van der Waals surface area contributed by atoms with E-state index in [-0.39, 0.29) is 0 Å². The maximum Gasteiger partial charge on any atom is -0.0128 e. The van der Waals surface area contributed by atoms with Gasteiger partial charge in [0.15, 0.2) is 0 Å². The van der Waals surface area contributed by atoms with Gasteiger partial charge in [-0.3, -0.25) is 0 Å². The minimum Gasteiger partial charge on any atom is -0.133 e. The first-order valence-electron chi connectivity index (χ1n) is 7.43. The van der Waals surface area contributed by atoms with Gasteiger partial charge in [-0.2, -0.15) is 0 Å². The van der Waals surface area contributed by atoms with Crippen LogP contribution in [0.25, 0.3) is 22.3 Å². The number of rotatable bonds is 3. The van der Waals surface area contributed by atoms with Crippen molar-refractivity contribution in [2.24, 2.45) is 0 Å². The van der Waals surface area contributed by atoms with Crippen molar-refractivity contribution in [2.75, 3.05) is 0 Å². The Bertz CT molecular complexity index is 772. The van der Waals surface area contributed by atoms with E-state index in [0.29, 0.717) is 0 Å². The van der Waals surface area contributed by atoms with Crippen molar-refractivity contribution in [1.82, 2.24) is 0 Å². The summed E-state index contributed by atoms with van der Waals surface area (Å²) in [7, 11) is 5.50. The topological polar surface area (TPSA) is 0 Å². The first-order chi connectivity index (χ1) is 10.7. The molecule has 0 saturated heterocycles. The minimum atomic E-state index is 1.01. The van der Waals surface area contributed by atoms with Crippen molar-refractivity contribution < 1.29 is 0 Å². The molecule has 2 unspecified atom stereocenters. The SMILES string of the molecule is Cc1cc(CP)ccc1-c1ccc(-c2ccc(P)cc2)cc1. The van der Waals surface area contributed by atoms with Gasteiger partial charge >= 0.3 is 0 Å². The molecule has 0 radical (unpaired) electrons. The molecule has 0 N–H and O–H groups in total. The smallest absolute Gasteiger partial charge is 0.0128 e. The van der Waals surface area contributed by atoms with Crippen LogP contribution in [0.1, 0.15) is 11.1 Å². The van der Waals surface area contributed by atoms with Crippen molar-refractivity contribution in [3.63, 3.8) is 0 Å². The summed E-state index contributed by atoms with van der Waals surface area (Å²) >= 11 is 0. The summed E-state index contributed by atoms with van der Waals surface area (Å²) in [4.78, 5) is 0. The van der Waals surface area contributed by atoms with Crippen LogP contribution in [0.5, 0.6) is 0 Å². The number of benzene rings is 3. The van der Waals surface area contributed by atoms with Gasteiger partial charge < -0.3 is 0 Å². The Balaban J connectivity index is 1.92. The van der Waals surface area contributed by atoms with E-state index in [1.54, 1.807) is 0 Å². The van der Waals surface area contributed by atoms with E-state index in [2.05, 4.69) is 92.1 Å². The Labute approximate surface area is 137 Å². The standard InChI is InChI=1S/C20H20P2/c1-14-12-15(13-21)2-11-20(14)18-5-3-16(4-6-18)17-7-9-19(22)10-8-17/h2-12H,13,21-22H2,1H3. The van der Waals surface area contributed by atoms with Gasteiger partial charge in [-0.1, -0.05) is 66.7 Å². The molecule has 3 rings (SSSR count). The number of hydrogen-bond acceptors (Lipinski definition) is 0. The number of hydrogen-bond donors (Lipinski definition) is 0. The van der Waals surface area contributed by atoms with E-state index in [9.17, 15) is 0 Å². The van der Waals surface area contributed by atoms with Crippen LogP contribution in [0.3, 0.4) is 0 Å². The van der Waals surface area contributed by atoms with E-state index >= 15 is 0 Å². The molecule has 22 heavy (non-hydrogen) atoms. The summed E-state index contributed by atoms with van der Waals surface area (Å²) in [6.45, 7) is 2.19. The van der Waals surface area contributed by atoms with E-state index in [1.165, 1.54) is 38.7 Å². The van der Waals surface area contributed by atoms with Crippen LogP contribution in [0.4, 0.5) is 0 Å². The average molecular weight is 322 g/mol. The normalized spacial score (nSPS) is 10.7. The quantitative estimate of drug-likeness (QED) is 0.581. The molecule has 0 fully saturated rings. The lowest BCUT2D eigenvalue weighted by molar-refractivity contribution is 1.35. The third-order valence-corrected chi connectivity index (χ3v) is 4.82. The van der Waals surface area contributed by atoms with E-state index in [1.807, 2.05) is 0 Å². The molecule has 3 aromatic carbocycles. The third kappa shape index (κ3) is 3.30. The molecule has 0 bridgehead atoms. The van der Waals surface area contributed by atoms with Crippen LogP contribution in [0.2, 0.25) is 0 Å². The fraction of sp³-hybridized carbons (Fsp3) is 0.100. The second kappa shape index (κ2) is 6.74. The zero-order chi connectivity index (χ0) is 15.5. The fourth-order valence-electron chi connectivity index (χ4n) is 2.69. The molecule has 0 heterocycles. The molecular weight excluding hydrogens is 302 g/mol. The summed E-state index contributed by atoms with van der Waals surface area (Å²) in [5.41, 5.74) is 7.80. The highest BCUT2D eigenvalue weighted by Crippen LogP contribution is 2.28. The zero-order valence-electron chi connectivity index (χ0n) is 12.7. The van der Waals surface area contributed by atoms with Crippen molar-refractivity contribution in [3.05, 3.63) is 77.9 Å². The molecule has 0 aliphatic carbocycles. The van der Waals surface area contributed by atoms with Crippen LogP contribution in [0.15, 0.2) is 66.7 Å². The molecule has 0 saturated carbocycles. The lowest BCUT2D eigenvalue weighted by Gasteiger charge is -2.09. The second-order valence-corrected chi connectivity index (χ2v) is 6.63. The molecule has 0 aliphatic rings. The van der Waals surface area contributed by atoms with Gasteiger partial charge in [-0.15, -0.1) is 18.5 Å². The van der Waals surface area contributed by atoms with Crippen LogP contribution in [-0.4, -0.2) is 0 Å². The summed E-state index contributed by atoms with van der Waals surface area (Å²) in [5.74, 6) is 0. The highest BCUT2D eigenvalue weighted by atomic mass is 31.0. The average Bonchev–Trinajstić information content (AvgIpc) is 2.56. The van der Waals surface area contributed by atoms with Crippen LogP contribution >= 0.6 is 18.5 Å². The van der Waals surface area contributed by atoms with E-state index in [0.717, 1.165) is 6.16 Å².